The Labute approximate surface area is 169 Å². The molecule has 2 aromatic carbocycles. The number of nitro groups is 1. The highest BCUT2D eigenvalue weighted by molar-refractivity contribution is 5.82. The van der Waals surface area contributed by atoms with Crippen LogP contribution in [-0.4, -0.2) is 16.1 Å². The number of hydrogen-bond donors (Lipinski definition) is 2. The molecule has 9 heteroatoms. The van der Waals surface area contributed by atoms with Gasteiger partial charge in [0.1, 0.15) is 0 Å². The molecule has 156 valence electrons. The quantitative estimate of drug-likeness (QED) is 0.393. The van der Waals surface area contributed by atoms with Crippen molar-refractivity contribution in [3.05, 3.63) is 75.5 Å². The maximum absolute atomic E-state index is 13.1. The molecule has 1 aromatic heterocycles. The van der Waals surface area contributed by atoms with Crippen molar-refractivity contribution < 1.29 is 27.6 Å². The van der Waals surface area contributed by atoms with E-state index in [9.17, 15) is 28.4 Å². The molecule has 0 bridgehead atoms. The minimum atomic E-state index is -4.52. The predicted molar refractivity (Wildman–Crippen MR) is 103 cm³/mol. The summed E-state index contributed by atoms with van der Waals surface area (Å²) in [5.74, 6) is 0.0183. The number of nitrogens with one attached hydrogen (secondary N) is 1. The third kappa shape index (κ3) is 4.10. The Bertz CT molecular complexity index is 1100. The van der Waals surface area contributed by atoms with Crippen molar-refractivity contribution in [2.45, 2.75) is 31.5 Å². The number of benzene rings is 2. The molecule has 0 unspecified atom stereocenters. The fraction of sp³-hybridized carbons (Fsp3) is 0.238. The fourth-order valence-electron chi connectivity index (χ4n) is 3.19. The molecule has 1 aliphatic carbocycles. The molecule has 0 aliphatic heterocycles. The normalized spacial score (nSPS) is 14.0. The lowest BCUT2D eigenvalue weighted by atomic mass is 10.0. The van der Waals surface area contributed by atoms with Crippen LogP contribution in [0.15, 0.2) is 52.9 Å². The Morgan fingerprint density at radius 1 is 1.17 bits per heavy atom. The SMILES string of the molecule is O=[N+]([O-])c1cccc(Cc2oc(NC3CC3)c(-c3cccc(C(F)(F)F)c3)c2O)c1. The highest BCUT2D eigenvalue weighted by Crippen LogP contribution is 2.45. The van der Waals surface area contributed by atoms with Gasteiger partial charge in [0, 0.05) is 24.6 Å². The Morgan fingerprint density at radius 3 is 2.57 bits per heavy atom. The van der Waals surface area contributed by atoms with E-state index in [-0.39, 0.29) is 46.7 Å². The molecule has 2 N–H and O–H groups in total. The molecule has 6 nitrogen and oxygen atoms in total. The van der Waals surface area contributed by atoms with E-state index in [0.29, 0.717) is 5.56 Å². The van der Waals surface area contributed by atoms with E-state index in [0.717, 1.165) is 25.0 Å². The first-order valence-corrected chi connectivity index (χ1v) is 9.24. The van der Waals surface area contributed by atoms with Crippen LogP contribution in [0.1, 0.15) is 29.7 Å². The lowest BCUT2D eigenvalue weighted by molar-refractivity contribution is -0.384. The van der Waals surface area contributed by atoms with Crippen molar-refractivity contribution in [1.82, 2.24) is 0 Å². The molecular formula is C21H17F3N2O4. The lowest BCUT2D eigenvalue weighted by Gasteiger charge is -2.09. The number of alkyl halides is 3. The van der Waals surface area contributed by atoms with Crippen molar-refractivity contribution >= 4 is 11.6 Å². The van der Waals surface area contributed by atoms with Gasteiger partial charge in [0.15, 0.2) is 11.5 Å². The molecular weight excluding hydrogens is 401 g/mol. The predicted octanol–water partition coefficient (Wildman–Crippen LogP) is 5.74. The second-order valence-electron chi connectivity index (χ2n) is 7.18. The molecule has 1 fully saturated rings. The minimum Gasteiger partial charge on any atom is -0.504 e. The Kier molecular flexibility index (Phi) is 4.89. The summed E-state index contributed by atoms with van der Waals surface area (Å²) in [4.78, 5) is 10.5. The summed E-state index contributed by atoms with van der Waals surface area (Å²) >= 11 is 0. The summed E-state index contributed by atoms with van der Waals surface area (Å²) in [5.41, 5.74) is -0.0963. The van der Waals surface area contributed by atoms with Gasteiger partial charge in [-0.25, -0.2) is 0 Å². The highest BCUT2D eigenvalue weighted by atomic mass is 19.4. The lowest BCUT2D eigenvalue weighted by Crippen LogP contribution is -2.05. The van der Waals surface area contributed by atoms with Gasteiger partial charge in [-0.15, -0.1) is 0 Å². The van der Waals surface area contributed by atoms with Crippen LogP contribution in [0.3, 0.4) is 0 Å². The number of furan rings is 1. The first-order valence-electron chi connectivity index (χ1n) is 9.24. The molecule has 1 aliphatic rings. The van der Waals surface area contributed by atoms with E-state index in [1.54, 1.807) is 6.07 Å². The van der Waals surface area contributed by atoms with E-state index in [4.69, 9.17) is 4.42 Å². The number of nitrogens with zero attached hydrogens (tertiary/aromatic N) is 1. The number of hydrogen-bond acceptors (Lipinski definition) is 5. The highest BCUT2D eigenvalue weighted by Gasteiger charge is 2.32. The first-order chi connectivity index (χ1) is 14.2. The molecule has 1 saturated carbocycles. The molecule has 3 aromatic rings. The van der Waals surface area contributed by atoms with E-state index >= 15 is 0 Å². The van der Waals surface area contributed by atoms with Gasteiger partial charge in [0.2, 0.25) is 5.88 Å². The van der Waals surface area contributed by atoms with E-state index in [1.807, 2.05) is 0 Å². The molecule has 0 saturated heterocycles. The van der Waals surface area contributed by atoms with Gasteiger partial charge >= 0.3 is 6.18 Å². The molecule has 30 heavy (non-hydrogen) atoms. The number of rotatable bonds is 6. The Morgan fingerprint density at radius 2 is 1.90 bits per heavy atom. The zero-order valence-electron chi connectivity index (χ0n) is 15.6. The third-order valence-corrected chi connectivity index (χ3v) is 4.83. The van der Waals surface area contributed by atoms with Crippen LogP contribution in [0.4, 0.5) is 24.7 Å². The summed E-state index contributed by atoms with van der Waals surface area (Å²) < 4.78 is 45.2. The van der Waals surface area contributed by atoms with Crippen LogP contribution >= 0.6 is 0 Å². The maximum atomic E-state index is 13.1. The topological polar surface area (TPSA) is 88.5 Å². The van der Waals surface area contributed by atoms with Gasteiger partial charge in [-0.2, -0.15) is 13.2 Å². The van der Waals surface area contributed by atoms with Crippen LogP contribution in [0.2, 0.25) is 0 Å². The van der Waals surface area contributed by atoms with Crippen LogP contribution in [0.25, 0.3) is 11.1 Å². The van der Waals surface area contributed by atoms with Gasteiger partial charge < -0.3 is 14.8 Å². The standard InChI is InChI=1S/C21H17F3N2O4/c22-21(23,24)14-5-2-4-13(11-14)18-19(27)17(30-20(18)25-15-7-8-15)10-12-3-1-6-16(9-12)26(28)29/h1-6,9,11,15,25,27H,7-8,10H2. The number of halogens is 3. The molecule has 0 radical (unpaired) electrons. The number of aromatic hydroxyl groups is 1. The summed E-state index contributed by atoms with van der Waals surface area (Å²) in [7, 11) is 0. The molecule has 4 rings (SSSR count). The smallest absolute Gasteiger partial charge is 0.416 e. The van der Waals surface area contributed by atoms with Crippen molar-refractivity contribution in [1.29, 1.82) is 0 Å². The zero-order chi connectivity index (χ0) is 21.5. The Hall–Kier alpha value is -3.49. The fourth-order valence-corrected chi connectivity index (χ4v) is 3.19. The minimum absolute atomic E-state index is 0.0474. The van der Waals surface area contributed by atoms with Crippen LogP contribution < -0.4 is 5.32 Å². The average Bonchev–Trinajstić information content (AvgIpc) is 3.46. The maximum Gasteiger partial charge on any atom is 0.416 e. The van der Waals surface area contributed by atoms with Gasteiger partial charge in [-0.3, -0.25) is 10.1 Å². The van der Waals surface area contributed by atoms with E-state index < -0.39 is 16.7 Å². The van der Waals surface area contributed by atoms with Crippen molar-refractivity contribution in [2.75, 3.05) is 5.32 Å². The van der Waals surface area contributed by atoms with Gasteiger partial charge in [0.25, 0.3) is 5.69 Å². The van der Waals surface area contributed by atoms with Gasteiger partial charge in [0.05, 0.1) is 16.1 Å². The van der Waals surface area contributed by atoms with Gasteiger partial charge in [-0.1, -0.05) is 24.3 Å². The summed E-state index contributed by atoms with van der Waals surface area (Å²) in [6.07, 6.45) is -2.69. The second-order valence-corrected chi connectivity index (χ2v) is 7.18. The van der Waals surface area contributed by atoms with Crippen LogP contribution in [-0.2, 0) is 12.6 Å². The third-order valence-electron chi connectivity index (χ3n) is 4.83. The molecule has 1 heterocycles. The van der Waals surface area contributed by atoms with Crippen LogP contribution in [0, 0.1) is 10.1 Å². The number of non-ortho nitro benzene ring substituents is 1. The second kappa shape index (κ2) is 7.40. The summed E-state index contributed by atoms with van der Waals surface area (Å²) in [6.45, 7) is 0. The first kappa shape index (κ1) is 19.8. The van der Waals surface area contributed by atoms with E-state index in [2.05, 4.69) is 5.32 Å². The van der Waals surface area contributed by atoms with Gasteiger partial charge in [-0.05, 0) is 36.1 Å². The zero-order valence-corrected chi connectivity index (χ0v) is 15.6. The molecule has 0 spiro atoms. The van der Waals surface area contributed by atoms with Crippen LogP contribution in [0.5, 0.6) is 5.75 Å². The molecule has 0 amide bonds. The Balaban J connectivity index is 1.75. The van der Waals surface area contributed by atoms with Crippen molar-refractivity contribution in [3.63, 3.8) is 0 Å². The van der Waals surface area contributed by atoms with E-state index in [1.165, 1.54) is 30.3 Å². The summed E-state index contributed by atoms with van der Waals surface area (Å²) in [6, 6.07) is 10.7. The van der Waals surface area contributed by atoms with Crippen molar-refractivity contribution in [3.8, 4) is 16.9 Å². The number of anilines is 1. The largest absolute Gasteiger partial charge is 0.504 e. The monoisotopic (exact) mass is 418 g/mol. The summed E-state index contributed by atoms with van der Waals surface area (Å²) in [5, 5.41) is 24.9. The molecule has 0 atom stereocenters. The average molecular weight is 418 g/mol. The van der Waals surface area contributed by atoms with Crippen molar-refractivity contribution in [2.24, 2.45) is 0 Å². The number of nitro benzene ring substituents is 1.